The fourth-order valence-electron chi connectivity index (χ4n) is 1.81. The van der Waals surface area contributed by atoms with Crippen LogP contribution in [-0.4, -0.2) is 15.7 Å². The molecule has 0 fully saturated rings. The number of hydrogen-bond acceptors (Lipinski definition) is 2. The molecule has 0 aliphatic heterocycles. The van der Waals surface area contributed by atoms with Gasteiger partial charge in [0.05, 0.1) is 5.69 Å². The number of thioether (sulfide) groups is 1. The molecule has 0 aliphatic rings. The molecule has 0 saturated carbocycles. The van der Waals surface area contributed by atoms with Gasteiger partial charge in [0.1, 0.15) is 0 Å². The third kappa shape index (κ3) is 3.64. The van der Waals surface area contributed by atoms with E-state index in [1.54, 1.807) is 0 Å². The van der Waals surface area contributed by atoms with Gasteiger partial charge in [-0.15, -0.1) is 0 Å². The van der Waals surface area contributed by atoms with E-state index in [1.807, 2.05) is 17.8 Å². The maximum Gasteiger partial charge on any atom is 0.165 e. The molecule has 96 valence electrons. The molecule has 0 amide bonds. The second kappa shape index (κ2) is 6.64. The molecule has 1 aromatic carbocycles. The number of unbranched alkanes of at least 4 members (excludes halogenated alkanes) is 1. The van der Waals surface area contributed by atoms with Crippen molar-refractivity contribution in [2.24, 2.45) is 0 Å². The number of hydrogen-bond donors (Lipinski definition) is 1. The Morgan fingerprint density at radius 3 is 2.72 bits per heavy atom. The maximum absolute atomic E-state index is 4.68. The number of nitrogens with zero attached hydrogens (tertiary/aromatic N) is 1. The van der Waals surface area contributed by atoms with E-state index in [-0.39, 0.29) is 0 Å². The van der Waals surface area contributed by atoms with Crippen LogP contribution in [-0.2, 0) is 6.42 Å². The molecule has 2 rings (SSSR count). The molecule has 0 aliphatic carbocycles. The van der Waals surface area contributed by atoms with Crippen molar-refractivity contribution in [2.45, 2.75) is 38.3 Å². The minimum atomic E-state index is 0.914. The van der Waals surface area contributed by atoms with E-state index in [9.17, 15) is 0 Å². The van der Waals surface area contributed by atoms with E-state index in [0.29, 0.717) is 0 Å². The highest BCUT2D eigenvalue weighted by atomic mass is 32.2. The largest absolute Gasteiger partial charge is 0.337 e. The summed E-state index contributed by atoms with van der Waals surface area (Å²) in [6.07, 6.45) is 3.40. The number of benzene rings is 1. The van der Waals surface area contributed by atoms with Gasteiger partial charge in [-0.3, -0.25) is 0 Å². The highest BCUT2D eigenvalue weighted by molar-refractivity contribution is 7.99. The van der Waals surface area contributed by atoms with Crippen molar-refractivity contribution in [1.29, 1.82) is 0 Å². The Labute approximate surface area is 113 Å². The summed E-state index contributed by atoms with van der Waals surface area (Å²) in [5.74, 6) is 1.15. The van der Waals surface area contributed by atoms with Crippen molar-refractivity contribution in [3.05, 3.63) is 47.3 Å². The number of aromatic amines is 1. The molecular formula is C15H20N2S. The Morgan fingerprint density at radius 2 is 2.00 bits per heavy atom. The Hall–Kier alpha value is -1.22. The number of H-pyrrole nitrogens is 1. The highest BCUT2D eigenvalue weighted by Crippen LogP contribution is 2.19. The van der Waals surface area contributed by atoms with Crippen LogP contribution < -0.4 is 0 Å². The van der Waals surface area contributed by atoms with Crippen molar-refractivity contribution < 1.29 is 0 Å². The quantitative estimate of drug-likeness (QED) is 0.623. The normalized spacial score (nSPS) is 10.8. The van der Waals surface area contributed by atoms with E-state index in [1.165, 1.54) is 29.8 Å². The molecule has 18 heavy (non-hydrogen) atoms. The topological polar surface area (TPSA) is 28.7 Å². The van der Waals surface area contributed by atoms with Crippen LogP contribution in [0.15, 0.2) is 35.5 Å². The van der Waals surface area contributed by atoms with E-state index in [0.717, 1.165) is 17.3 Å². The molecule has 3 heteroatoms. The van der Waals surface area contributed by atoms with Crippen LogP contribution in [0.2, 0.25) is 0 Å². The summed E-state index contributed by atoms with van der Waals surface area (Å²) in [7, 11) is 0. The second-order valence-corrected chi connectivity index (χ2v) is 5.56. The first-order chi connectivity index (χ1) is 8.79. The molecule has 0 radical (unpaired) electrons. The van der Waals surface area contributed by atoms with E-state index in [2.05, 4.69) is 48.1 Å². The predicted molar refractivity (Wildman–Crippen MR) is 78.2 cm³/mol. The smallest absolute Gasteiger partial charge is 0.165 e. The average molecular weight is 260 g/mol. The monoisotopic (exact) mass is 260 g/mol. The molecule has 0 spiro atoms. The van der Waals surface area contributed by atoms with E-state index >= 15 is 0 Å². The summed E-state index contributed by atoms with van der Waals surface area (Å²) < 4.78 is 0. The van der Waals surface area contributed by atoms with Gasteiger partial charge in [0.25, 0.3) is 0 Å². The van der Waals surface area contributed by atoms with Gasteiger partial charge < -0.3 is 4.98 Å². The minimum Gasteiger partial charge on any atom is -0.337 e. The SMILES string of the molecule is CCCCSc1nc(Cc2ccccc2)c(C)[nH]1. The summed E-state index contributed by atoms with van der Waals surface area (Å²) in [6, 6.07) is 10.5. The number of aryl methyl sites for hydroxylation is 1. The van der Waals surface area contributed by atoms with Crippen LogP contribution in [0.3, 0.4) is 0 Å². The zero-order valence-corrected chi connectivity index (χ0v) is 11.9. The van der Waals surface area contributed by atoms with Crippen LogP contribution in [0.5, 0.6) is 0 Å². The van der Waals surface area contributed by atoms with Crippen molar-refractivity contribution in [2.75, 3.05) is 5.75 Å². The highest BCUT2D eigenvalue weighted by Gasteiger charge is 2.07. The van der Waals surface area contributed by atoms with Crippen molar-refractivity contribution in [3.8, 4) is 0 Å². The van der Waals surface area contributed by atoms with Gasteiger partial charge in [0.15, 0.2) is 5.16 Å². The molecule has 2 nitrogen and oxygen atoms in total. The van der Waals surface area contributed by atoms with Gasteiger partial charge in [0, 0.05) is 17.9 Å². The Bertz CT molecular complexity index is 476. The lowest BCUT2D eigenvalue weighted by atomic mass is 10.1. The molecule has 0 atom stereocenters. The molecule has 1 heterocycles. The third-order valence-corrected chi connectivity index (χ3v) is 3.87. The van der Waals surface area contributed by atoms with E-state index in [4.69, 9.17) is 0 Å². The maximum atomic E-state index is 4.68. The Balaban J connectivity index is 2.01. The van der Waals surface area contributed by atoms with Gasteiger partial charge in [-0.05, 0) is 18.9 Å². The standard InChI is InChI=1S/C15H20N2S/c1-3-4-10-18-15-16-12(2)14(17-15)11-13-8-6-5-7-9-13/h5-9H,3-4,10-11H2,1-2H3,(H,16,17). The summed E-state index contributed by atoms with van der Waals surface area (Å²) >= 11 is 1.82. The van der Waals surface area contributed by atoms with Crippen LogP contribution in [0, 0.1) is 6.92 Å². The molecule has 0 bridgehead atoms. The molecule has 1 aromatic heterocycles. The Kier molecular flexibility index (Phi) is 4.88. The molecule has 1 N–H and O–H groups in total. The zero-order valence-electron chi connectivity index (χ0n) is 11.1. The lowest BCUT2D eigenvalue weighted by Crippen LogP contribution is -1.90. The van der Waals surface area contributed by atoms with Crippen molar-refractivity contribution in [1.82, 2.24) is 9.97 Å². The van der Waals surface area contributed by atoms with Gasteiger partial charge >= 0.3 is 0 Å². The molecule has 2 aromatic rings. The van der Waals surface area contributed by atoms with E-state index < -0.39 is 0 Å². The van der Waals surface area contributed by atoms with Crippen LogP contribution in [0.25, 0.3) is 0 Å². The number of aromatic nitrogens is 2. The molecule has 0 unspecified atom stereocenters. The Morgan fingerprint density at radius 1 is 1.22 bits per heavy atom. The first kappa shape index (κ1) is 13.2. The van der Waals surface area contributed by atoms with Gasteiger partial charge in [-0.1, -0.05) is 55.4 Å². The molecule has 0 saturated heterocycles. The van der Waals surface area contributed by atoms with Crippen molar-refractivity contribution in [3.63, 3.8) is 0 Å². The second-order valence-electron chi connectivity index (χ2n) is 4.48. The van der Waals surface area contributed by atoms with Crippen LogP contribution in [0.1, 0.15) is 36.7 Å². The third-order valence-electron chi connectivity index (χ3n) is 2.91. The first-order valence-electron chi connectivity index (χ1n) is 6.51. The van der Waals surface area contributed by atoms with Gasteiger partial charge in [-0.25, -0.2) is 4.98 Å². The fraction of sp³-hybridized carbons (Fsp3) is 0.400. The van der Waals surface area contributed by atoms with Gasteiger partial charge in [-0.2, -0.15) is 0 Å². The fourth-order valence-corrected chi connectivity index (χ4v) is 2.84. The zero-order chi connectivity index (χ0) is 12.8. The summed E-state index contributed by atoms with van der Waals surface area (Å²) in [5.41, 5.74) is 3.68. The summed E-state index contributed by atoms with van der Waals surface area (Å²) in [4.78, 5) is 8.06. The lowest BCUT2D eigenvalue weighted by molar-refractivity contribution is 0.891. The van der Waals surface area contributed by atoms with Crippen LogP contribution >= 0.6 is 11.8 Å². The van der Waals surface area contributed by atoms with Crippen LogP contribution in [0.4, 0.5) is 0 Å². The van der Waals surface area contributed by atoms with Gasteiger partial charge in [0.2, 0.25) is 0 Å². The summed E-state index contributed by atoms with van der Waals surface area (Å²) in [5, 5.41) is 1.06. The first-order valence-corrected chi connectivity index (χ1v) is 7.50. The van der Waals surface area contributed by atoms with Crippen molar-refractivity contribution >= 4 is 11.8 Å². The summed E-state index contributed by atoms with van der Waals surface area (Å²) in [6.45, 7) is 4.32. The molecular weight excluding hydrogens is 240 g/mol. The minimum absolute atomic E-state index is 0.914. The average Bonchev–Trinajstić information content (AvgIpc) is 2.72. The number of imidazole rings is 1. The number of nitrogens with one attached hydrogen (secondary N) is 1. The number of rotatable bonds is 6. The predicted octanol–water partition coefficient (Wildman–Crippen LogP) is 4.20. The lowest BCUT2D eigenvalue weighted by Gasteiger charge is -1.98.